The molecule has 3 spiro atoms. The standard InChI is InChI=1S/C28H27Cl2N3O2.C28H26ClF2N3O2.C28H27ClFN3O2/c1-35-23-8-9-25-24(18-23)28(19-33(25)27(34)21-10-13-31-26(30)17-21)11-15-32(16-12-28)14-2-3-20-4-6-22(29)7-5-20;1-36-22-6-7-25-23(17-22)28(18-34(25)27(35)20-8-11-32-26(29)15-20)9-13-33(14-10-28)12-2-3-19-4-5-21(30)16-24(19)31;1-35-23-8-9-25-24(18-23)28(19-33(25)27(34)21-10-13-31-26(29)17-21)11-15-32(16-12-28)14-2-3-20-4-6-22(30)7-5-20/h2-10,13,17-18H,11-12,14-16,19H2,1H3;2-8,11,15-17H,9-10,12-14,18H2,1H3;2-10,13,17-18H,11-12,14-16,19H2,1H3/b3*3-2+. The van der Waals surface area contributed by atoms with Crippen LogP contribution >= 0.6 is 46.4 Å². The highest BCUT2D eigenvalue weighted by Gasteiger charge is 2.50. The van der Waals surface area contributed by atoms with E-state index in [0.717, 1.165) is 153 Å². The van der Waals surface area contributed by atoms with E-state index in [2.05, 4.69) is 66.1 Å². The van der Waals surface area contributed by atoms with Gasteiger partial charge < -0.3 is 28.9 Å². The van der Waals surface area contributed by atoms with Crippen molar-refractivity contribution in [3.63, 3.8) is 0 Å². The molecule has 106 heavy (non-hydrogen) atoms. The van der Waals surface area contributed by atoms with E-state index in [1.165, 1.54) is 35.4 Å². The highest BCUT2D eigenvalue weighted by Crippen LogP contribution is 2.52. The second-order valence-electron chi connectivity index (χ2n) is 27.6. The average molecular weight is 1510 g/mol. The van der Waals surface area contributed by atoms with Gasteiger partial charge in [-0.2, -0.15) is 0 Å². The molecule has 15 rings (SSSR count). The lowest BCUT2D eigenvalue weighted by Gasteiger charge is -2.39. The minimum absolute atomic E-state index is 0.0501. The number of carbonyl (C=O) groups excluding carboxylic acids is 3. The molecule has 3 aromatic heterocycles. The first kappa shape index (κ1) is 74.9. The van der Waals surface area contributed by atoms with Crippen LogP contribution in [-0.4, -0.2) is 147 Å². The van der Waals surface area contributed by atoms with Gasteiger partial charge in [0, 0.05) is 125 Å². The van der Waals surface area contributed by atoms with E-state index in [-0.39, 0.29) is 44.9 Å². The Kier molecular flexibility index (Phi) is 23.4. The van der Waals surface area contributed by atoms with Crippen molar-refractivity contribution >= 4 is 99.4 Å². The number of pyridine rings is 3. The minimum atomic E-state index is -0.584. The third-order valence-electron chi connectivity index (χ3n) is 21.4. The van der Waals surface area contributed by atoms with Gasteiger partial charge in [0.05, 0.1) is 21.3 Å². The Morgan fingerprint density at radius 2 is 0.736 bits per heavy atom. The molecule has 9 aromatic rings. The first-order valence-corrected chi connectivity index (χ1v) is 36.8. The average Bonchev–Trinajstić information content (AvgIpc) is 1.60. The smallest absolute Gasteiger partial charge is 0.258 e. The molecule has 6 aliphatic rings. The number of rotatable bonds is 15. The van der Waals surface area contributed by atoms with Gasteiger partial charge >= 0.3 is 0 Å². The third-order valence-corrected chi connectivity index (χ3v) is 22.3. The van der Waals surface area contributed by atoms with Crippen molar-refractivity contribution in [3.8, 4) is 17.2 Å². The molecule has 15 nitrogen and oxygen atoms in total. The number of carbonyl (C=O) groups is 3. The molecule has 546 valence electrons. The van der Waals surface area contributed by atoms with Crippen molar-refractivity contribution in [2.45, 2.75) is 54.8 Å². The Bertz CT molecular complexity index is 4580. The molecule has 0 atom stereocenters. The van der Waals surface area contributed by atoms with Gasteiger partial charge in [-0.25, -0.2) is 28.1 Å². The zero-order valence-electron chi connectivity index (χ0n) is 59.1. The first-order chi connectivity index (χ1) is 51.3. The lowest BCUT2D eigenvalue weighted by molar-refractivity contribution is 0.0970. The summed E-state index contributed by atoms with van der Waals surface area (Å²) in [6.07, 6.45) is 22.3. The predicted molar refractivity (Wildman–Crippen MR) is 415 cm³/mol. The van der Waals surface area contributed by atoms with Gasteiger partial charge in [0.15, 0.2) is 0 Å². The molecule has 3 saturated heterocycles. The molecule has 0 radical (unpaired) electrons. The Morgan fingerprint density at radius 1 is 0.406 bits per heavy atom. The highest BCUT2D eigenvalue weighted by molar-refractivity contribution is 6.31. The predicted octanol–water partition coefficient (Wildman–Crippen LogP) is 17.4. The fraction of sp³-hybridized carbons (Fsp3) is 0.286. The van der Waals surface area contributed by atoms with Crippen LogP contribution in [0, 0.1) is 17.5 Å². The largest absolute Gasteiger partial charge is 0.497 e. The van der Waals surface area contributed by atoms with Crippen molar-refractivity contribution in [2.24, 2.45) is 0 Å². The van der Waals surface area contributed by atoms with Gasteiger partial charge in [0.2, 0.25) is 0 Å². The van der Waals surface area contributed by atoms with Gasteiger partial charge in [-0.3, -0.25) is 29.1 Å². The van der Waals surface area contributed by atoms with Crippen LogP contribution in [0.1, 0.15) is 103 Å². The van der Waals surface area contributed by atoms with Gasteiger partial charge in [-0.05, 0) is 233 Å². The molecule has 0 aliphatic carbocycles. The first-order valence-electron chi connectivity index (χ1n) is 35.3. The third kappa shape index (κ3) is 16.9. The summed E-state index contributed by atoms with van der Waals surface area (Å²) in [4.78, 5) is 65.2. The Labute approximate surface area is 636 Å². The summed E-state index contributed by atoms with van der Waals surface area (Å²) in [5, 5.41) is 1.66. The number of ether oxygens (including phenoxy) is 3. The fourth-order valence-electron chi connectivity index (χ4n) is 15.5. The van der Waals surface area contributed by atoms with Crippen LogP contribution in [-0.2, 0) is 16.2 Å². The molecule has 0 unspecified atom stereocenters. The van der Waals surface area contributed by atoms with E-state index in [0.29, 0.717) is 58.7 Å². The number of methoxy groups -OCH3 is 3. The van der Waals surface area contributed by atoms with Crippen LogP contribution in [0.3, 0.4) is 0 Å². The van der Waals surface area contributed by atoms with Crippen LogP contribution < -0.4 is 28.9 Å². The molecule has 0 N–H and O–H groups in total. The van der Waals surface area contributed by atoms with Gasteiger partial charge in [-0.1, -0.05) is 107 Å². The van der Waals surface area contributed by atoms with E-state index in [9.17, 15) is 27.6 Å². The maximum absolute atomic E-state index is 13.9. The summed E-state index contributed by atoms with van der Waals surface area (Å²) in [7, 11) is 4.99. The van der Waals surface area contributed by atoms with Gasteiger partial charge in [0.25, 0.3) is 17.7 Å². The number of benzene rings is 6. The zero-order chi connectivity index (χ0) is 74.1. The Morgan fingerprint density at radius 3 is 1.07 bits per heavy atom. The van der Waals surface area contributed by atoms with Crippen LogP contribution in [0.5, 0.6) is 17.2 Å². The molecule has 22 heteroatoms. The molecule has 3 amide bonds. The molecule has 0 saturated carbocycles. The van der Waals surface area contributed by atoms with Crippen molar-refractivity contribution in [3.05, 3.63) is 283 Å². The second kappa shape index (κ2) is 33.2. The molecular weight excluding hydrogens is 1430 g/mol. The lowest BCUT2D eigenvalue weighted by atomic mass is 9.74. The number of likely N-dealkylation sites (tertiary alicyclic amines) is 3. The summed E-state index contributed by atoms with van der Waals surface area (Å²) < 4.78 is 56.7. The van der Waals surface area contributed by atoms with Gasteiger partial charge in [-0.15, -0.1) is 0 Å². The van der Waals surface area contributed by atoms with Crippen molar-refractivity contribution in [1.29, 1.82) is 0 Å². The number of hydrogen-bond donors (Lipinski definition) is 0. The normalized spacial score (nSPS) is 17.1. The van der Waals surface area contributed by atoms with Crippen molar-refractivity contribution < 1.29 is 41.8 Å². The minimum Gasteiger partial charge on any atom is -0.497 e. The quantitative estimate of drug-likeness (QED) is 0.0904. The summed E-state index contributed by atoms with van der Waals surface area (Å²) >= 11 is 24.1. The topological polar surface area (TPSA) is 137 Å². The van der Waals surface area contributed by atoms with E-state index in [4.69, 9.17) is 60.6 Å². The number of nitrogens with zero attached hydrogens (tertiary/aromatic N) is 9. The summed E-state index contributed by atoms with van der Waals surface area (Å²) in [5.41, 5.74) is 9.99. The maximum Gasteiger partial charge on any atom is 0.258 e. The summed E-state index contributed by atoms with van der Waals surface area (Å²) in [6.45, 7) is 9.69. The highest BCUT2D eigenvalue weighted by atomic mass is 35.5. The number of amides is 3. The van der Waals surface area contributed by atoms with Crippen molar-refractivity contribution in [2.75, 3.05) is 115 Å². The number of piperidine rings is 3. The lowest BCUT2D eigenvalue weighted by Crippen LogP contribution is -2.46. The maximum atomic E-state index is 13.9. The van der Waals surface area contributed by atoms with Gasteiger partial charge in [0.1, 0.15) is 50.2 Å². The number of aromatic nitrogens is 3. The van der Waals surface area contributed by atoms with Crippen LogP contribution in [0.25, 0.3) is 18.2 Å². The van der Waals surface area contributed by atoms with Crippen LogP contribution in [0.15, 0.2) is 195 Å². The fourth-order valence-corrected chi connectivity index (χ4v) is 16.2. The number of hydrogen-bond acceptors (Lipinski definition) is 12. The molecule has 6 aromatic carbocycles. The van der Waals surface area contributed by atoms with Crippen LogP contribution in [0.2, 0.25) is 20.5 Å². The molecule has 6 aliphatic heterocycles. The number of halogens is 7. The molecular formula is C84H80Cl4F3N9O6. The van der Waals surface area contributed by atoms with Crippen LogP contribution in [0.4, 0.5) is 30.2 Å². The zero-order valence-corrected chi connectivity index (χ0v) is 62.1. The Balaban J connectivity index is 0.000000141. The van der Waals surface area contributed by atoms with E-state index in [1.54, 1.807) is 94.5 Å². The van der Waals surface area contributed by atoms with E-state index < -0.39 is 11.6 Å². The Hall–Kier alpha value is -9.37. The van der Waals surface area contributed by atoms with Crippen molar-refractivity contribution in [1.82, 2.24) is 29.7 Å². The SMILES string of the molecule is COc1ccc2c(c1)C1(CCN(C/C=C/c3ccc(Cl)cc3)CC1)CN2C(=O)c1ccnc(Cl)c1.COc1ccc2c(c1)C1(CCN(C/C=C/c3ccc(F)cc3)CC1)CN2C(=O)c1ccnc(Cl)c1.COc1ccc2c(c1)C1(CCN(C/C=C/c3ccc(F)cc3F)CC1)CN2C(=O)c1ccnc(Cl)c1. The summed E-state index contributed by atoms with van der Waals surface area (Å²) in [5.74, 6) is 0.784. The monoisotopic (exact) mass is 1510 g/mol. The molecule has 0 bridgehead atoms. The molecule has 3 fully saturated rings. The number of anilines is 3. The molecule has 9 heterocycles. The van der Waals surface area contributed by atoms with E-state index >= 15 is 0 Å². The summed E-state index contributed by atoms with van der Waals surface area (Å²) in [6, 6.07) is 45.8. The second-order valence-corrected chi connectivity index (χ2v) is 29.2. The van der Waals surface area contributed by atoms with E-state index in [1.807, 2.05) is 87.5 Å². The number of fused-ring (bicyclic) bond motifs is 6.